The van der Waals surface area contributed by atoms with Gasteiger partial charge in [-0.3, -0.25) is 9.59 Å². The van der Waals surface area contributed by atoms with Gasteiger partial charge in [0, 0.05) is 56.4 Å². The van der Waals surface area contributed by atoms with E-state index < -0.39 is 0 Å². The number of fused-ring (bicyclic) bond motifs is 2. The molecule has 2 amide bonds. The number of carbonyl (C=O) groups is 2. The Hall–Kier alpha value is -3.68. The second kappa shape index (κ2) is 7.93. The van der Waals surface area contributed by atoms with Crippen LogP contribution in [0, 0.1) is 19.3 Å². The maximum atomic E-state index is 13.4. The van der Waals surface area contributed by atoms with E-state index in [0.29, 0.717) is 5.56 Å². The Labute approximate surface area is 204 Å². The van der Waals surface area contributed by atoms with Gasteiger partial charge in [-0.25, -0.2) is 9.50 Å². The van der Waals surface area contributed by atoms with Crippen LogP contribution in [0.5, 0.6) is 0 Å². The van der Waals surface area contributed by atoms with Crippen LogP contribution in [-0.2, 0) is 7.05 Å². The highest BCUT2D eigenvalue weighted by Crippen LogP contribution is 2.41. The van der Waals surface area contributed by atoms with E-state index in [-0.39, 0.29) is 17.2 Å². The van der Waals surface area contributed by atoms with Crippen LogP contribution in [0.1, 0.15) is 51.5 Å². The summed E-state index contributed by atoms with van der Waals surface area (Å²) in [6.45, 7) is 6.78. The molecular weight excluding hydrogens is 440 g/mol. The number of aromatic nitrogens is 4. The topological polar surface area (TPSA) is 75.7 Å². The summed E-state index contributed by atoms with van der Waals surface area (Å²) in [6, 6.07) is 12.0. The Morgan fingerprint density at radius 1 is 0.943 bits per heavy atom. The van der Waals surface area contributed by atoms with Crippen molar-refractivity contribution in [3.8, 4) is 0 Å². The molecule has 0 N–H and O–H groups in total. The van der Waals surface area contributed by atoms with Crippen LogP contribution in [0.15, 0.2) is 42.6 Å². The van der Waals surface area contributed by atoms with E-state index >= 15 is 0 Å². The van der Waals surface area contributed by atoms with Gasteiger partial charge < -0.3 is 14.4 Å². The smallest absolute Gasteiger partial charge is 0.270 e. The molecule has 5 heterocycles. The lowest BCUT2D eigenvalue weighted by molar-refractivity contribution is 0.0558. The van der Waals surface area contributed by atoms with Gasteiger partial charge >= 0.3 is 0 Å². The summed E-state index contributed by atoms with van der Waals surface area (Å²) in [5.74, 6) is 0.116. The molecule has 0 radical (unpaired) electrons. The summed E-state index contributed by atoms with van der Waals surface area (Å²) in [4.78, 5) is 35.1. The second-order valence-electron chi connectivity index (χ2n) is 10.2. The average molecular weight is 471 g/mol. The minimum atomic E-state index is 0.0240. The molecule has 4 aromatic rings. The molecule has 0 aliphatic carbocycles. The van der Waals surface area contributed by atoms with Gasteiger partial charge in [0.25, 0.3) is 11.8 Å². The Morgan fingerprint density at radius 3 is 2.40 bits per heavy atom. The molecule has 0 bridgehead atoms. The number of aryl methyl sites for hydroxylation is 3. The SMILES string of the molecule is Cc1cc2ncc(C(=O)N3CCC4(CCN(C(=O)c5cc6ccccc6n5C)CC4)C3)c(C)n2n1. The van der Waals surface area contributed by atoms with Crippen LogP contribution < -0.4 is 0 Å². The van der Waals surface area contributed by atoms with Crippen LogP contribution in [0.25, 0.3) is 16.6 Å². The van der Waals surface area contributed by atoms with Crippen molar-refractivity contribution < 1.29 is 9.59 Å². The number of nitrogens with zero attached hydrogens (tertiary/aromatic N) is 6. The molecule has 180 valence electrons. The van der Waals surface area contributed by atoms with Crippen molar-refractivity contribution in [2.75, 3.05) is 26.2 Å². The minimum Gasteiger partial charge on any atom is -0.340 e. The van der Waals surface area contributed by atoms with E-state index in [1.807, 2.05) is 71.7 Å². The van der Waals surface area contributed by atoms with Gasteiger partial charge in [-0.2, -0.15) is 5.10 Å². The highest BCUT2D eigenvalue weighted by Gasteiger charge is 2.43. The van der Waals surface area contributed by atoms with Crippen molar-refractivity contribution in [1.29, 1.82) is 0 Å². The molecule has 2 aliphatic heterocycles. The lowest BCUT2D eigenvalue weighted by atomic mass is 9.77. The fourth-order valence-corrected chi connectivity index (χ4v) is 5.90. The van der Waals surface area contributed by atoms with E-state index in [1.54, 1.807) is 10.7 Å². The molecule has 35 heavy (non-hydrogen) atoms. The summed E-state index contributed by atoms with van der Waals surface area (Å²) in [5, 5.41) is 5.57. The minimum absolute atomic E-state index is 0.0240. The van der Waals surface area contributed by atoms with Gasteiger partial charge in [0.05, 0.1) is 17.0 Å². The molecule has 0 atom stereocenters. The summed E-state index contributed by atoms with van der Waals surface area (Å²) in [5.41, 5.74) is 4.97. The molecule has 0 saturated carbocycles. The van der Waals surface area contributed by atoms with Crippen molar-refractivity contribution in [1.82, 2.24) is 29.0 Å². The molecular formula is C27H30N6O2. The third-order valence-electron chi connectivity index (χ3n) is 8.08. The van der Waals surface area contributed by atoms with Gasteiger partial charge in [-0.05, 0) is 50.7 Å². The number of piperidine rings is 1. The van der Waals surface area contributed by atoms with E-state index in [4.69, 9.17) is 0 Å². The first-order valence-electron chi connectivity index (χ1n) is 12.3. The molecule has 2 aliphatic rings. The van der Waals surface area contributed by atoms with Crippen LogP contribution in [0.4, 0.5) is 0 Å². The lowest BCUT2D eigenvalue weighted by Crippen LogP contribution is -2.45. The maximum absolute atomic E-state index is 13.4. The summed E-state index contributed by atoms with van der Waals surface area (Å²) in [6.07, 6.45) is 4.50. The highest BCUT2D eigenvalue weighted by atomic mass is 16.2. The van der Waals surface area contributed by atoms with Crippen LogP contribution >= 0.6 is 0 Å². The number of amides is 2. The summed E-state index contributed by atoms with van der Waals surface area (Å²) < 4.78 is 3.75. The normalized spacial score (nSPS) is 17.7. The molecule has 8 nitrogen and oxygen atoms in total. The summed E-state index contributed by atoms with van der Waals surface area (Å²) in [7, 11) is 1.96. The Bertz CT molecular complexity index is 1470. The van der Waals surface area contributed by atoms with Gasteiger partial charge in [-0.15, -0.1) is 0 Å². The Balaban J connectivity index is 1.15. The lowest BCUT2D eigenvalue weighted by Gasteiger charge is -2.39. The molecule has 8 heteroatoms. The zero-order valence-corrected chi connectivity index (χ0v) is 20.5. The average Bonchev–Trinajstić information content (AvgIpc) is 3.55. The quantitative estimate of drug-likeness (QED) is 0.449. The molecule has 2 fully saturated rings. The molecule has 1 aromatic carbocycles. The fraction of sp³-hybridized carbons (Fsp3) is 0.407. The summed E-state index contributed by atoms with van der Waals surface area (Å²) >= 11 is 0. The fourth-order valence-electron chi connectivity index (χ4n) is 5.90. The van der Waals surface area contributed by atoms with E-state index in [1.165, 1.54) is 0 Å². The monoisotopic (exact) mass is 470 g/mol. The predicted molar refractivity (Wildman–Crippen MR) is 133 cm³/mol. The standard InChI is InChI=1S/C27H30N6O2/c1-18-14-24-28-16-21(19(2)33(24)29-18)25(34)32-13-10-27(17-32)8-11-31(12-9-27)26(35)23-15-20-6-4-5-7-22(20)30(23)3/h4-7,14-16H,8-13,17H2,1-3H3. The first-order chi connectivity index (χ1) is 16.8. The Kier molecular flexibility index (Phi) is 4.95. The first-order valence-corrected chi connectivity index (χ1v) is 12.3. The number of carbonyl (C=O) groups excluding carboxylic acids is 2. The molecule has 0 unspecified atom stereocenters. The first kappa shape index (κ1) is 21.8. The number of benzene rings is 1. The van der Waals surface area contributed by atoms with Crippen molar-refractivity contribution in [2.24, 2.45) is 12.5 Å². The van der Waals surface area contributed by atoms with Crippen molar-refractivity contribution in [3.05, 3.63) is 65.2 Å². The zero-order valence-electron chi connectivity index (χ0n) is 20.5. The van der Waals surface area contributed by atoms with E-state index in [2.05, 4.69) is 10.1 Å². The zero-order chi connectivity index (χ0) is 24.3. The second-order valence-corrected chi connectivity index (χ2v) is 10.2. The van der Waals surface area contributed by atoms with Gasteiger partial charge in [-0.1, -0.05) is 18.2 Å². The maximum Gasteiger partial charge on any atom is 0.270 e. The third-order valence-corrected chi connectivity index (χ3v) is 8.08. The van der Waals surface area contributed by atoms with Crippen molar-refractivity contribution in [3.63, 3.8) is 0 Å². The molecule has 6 rings (SSSR count). The van der Waals surface area contributed by atoms with Crippen molar-refractivity contribution >= 4 is 28.4 Å². The highest BCUT2D eigenvalue weighted by molar-refractivity contribution is 5.99. The predicted octanol–water partition coefficient (Wildman–Crippen LogP) is 3.61. The van der Waals surface area contributed by atoms with Gasteiger partial charge in [0.15, 0.2) is 5.65 Å². The van der Waals surface area contributed by atoms with Crippen LogP contribution in [0.3, 0.4) is 0 Å². The van der Waals surface area contributed by atoms with Crippen molar-refractivity contribution in [2.45, 2.75) is 33.1 Å². The Morgan fingerprint density at radius 2 is 1.66 bits per heavy atom. The van der Waals surface area contributed by atoms with Crippen LogP contribution in [0.2, 0.25) is 0 Å². The molecule has 3 aromatic heterocycles. The number of rotatable bonds is 2. The van der Waals surface area contributed by atoms with Gasteiger partial charge in [0.2, 0.25) is 0 Å². The number of hydrogen-bond acceptors (Lipinski definition) is 4. The number of para-hydroxylation sites is 1. The van der Waals surface area contributed by atoms with Gasteiger partial charge in [0.1, 0.15) is 5.69 Å². The number of hydrogen-bond donors (Lipinski definition) is 0. The molecule has 2 saturated heterocycles. The molecule has 1 spiro atoms. The number of likely N-dealkylation sites (tertiary alicyclic amines) is 2. The van der Waals surface area contributed by atoms with Crippen LogP contribution in [-0.4, -0.2) is 67.0 Å². The van der Waals surface area contributed by atoms with E-state index in [9.17, 15) is 9.59 Å². The third kappa shape index (κ3) is 3.50. The van der Waals surface area contributed by atoms with E-state index in [0.717, 1.165) is 79.1 Å². The largest absolute Gasteiger partial charge is 0.340 e.